The number of hydrogen-bond donors (Lipinski definition) is 1. The highest BCUT2D eigenvalue weighted by atomic mass is 19.1. The fourth-order valence-electron chi connectivity index (χ4n) is 2.03. The van der Waals surface area contributed by atoms with Gasteiger partial charge in [-0.15, -0.1) is 0 Å². The Morgan fingerprint density at radius 1 is 1.05 bits per heavy atom. The van der Waals surface area contributed by atoms with E-state index in [1.54, 1.807) is 0 Å². The van der Waals surface area contributed by atoms with E-state index in [-0.39, 0.29) is 6.04 Å². The van der Waals surface area contributed by atoms with Crippen LogP contribution in [0.25, 0.3) is 0 Å². The van der Waals surface area contributed by atoms with Crippen LogP contribution in [0.1, 0.15) is 31.9 Å². The molecule has 2 nitrogen and oxygen atoms in total. The summed E-state index contributed by atoms with van der Waals surface area (Å²) in [4.78, 5) is 0. The van der Waals surface area contributed by atoms with E-state index >= 15 is 0 Å². The van der Waals surface area contributed by atoms with Crippen LogP contribution in [-0.2, 0) is 0 Å². The average Bonchev–Trinajstić information content (AvgIpc) is 2.45. The maximum Gasteiger partial charge on any atom is 0.126 e. The third-order valence-electron chi connectivity index (χ3n) is 3.10. The van der Waals surface area contributed by atoms with Crippen molar-refractivity contribution in [3.63, 3.8) is 0 Å². The first-order valence-corrected chi connectivity index (χ1v) is 7.04. The largest absolute Gasteiger partial charge is 0.494 e. The van der Waals surface area contributed by atoms with Gasteiger partial charge in [0.25, 0.3) is 0 Å². The molecule has 0 aliphatic carbocycles. The Morgan fingerprint density at radius 2 is 1.67 bits per heavy atom. The van der Waals surface area contributed by atoms with Gasteiger partial charge in [-0.1, -0.05) is 6.92 Å². The Balaban J connectivity index is 2.03. The highest BCUT2D eigenvalue weighted by molar-refractivity contribution is 5.48. The van der Waals surface area contributed by atoms with Gasteiger partial charge in [-0.05, 0) is 55.3 Å². The van der Waals surface area contributed by atoms with E-state index in [0.717, 1.165) is 23.9 Å². The van der Waals surface area contributed by atoms with Crippen LogP contribution in [-0.4, -0.2) is 6.61 Å². The summed E-state index contributed by atoms with van der Waals surface area (Å²) in [6.07, 6.45) is 0.960. The molecule has 21 heavy (non-hydrogen) atoms. The number of rotatable bonds is 6. The lowest BCUT2D eigenvalue weighted by atomic mass is 10.1. The lowest BCUT2D eigenvalue weighted by Crippen LogP contribution is -2.07. The molecule has 0 saturated carbocycles. The second kappa shape index (κ2) is 7.07. The Bertz CT molecular complexity index is 564. The standard InChI is InChI=1S/C17H19F2NO/c1-3-8-21-17-6-4-16(5-7-17)20-12(2)13-9-14(18)11-15(19)10-13/h4-7,9-12,20H,3,8H2,1-2H3. The van der Waals surface area contributed by atoms with Crippen LogP contribution in [0.5, 0.6) is 5.75 Å². The zero-order valence-electron chi connectivity index (χ0n) is 12.2. The van der Waals surface area contributed by atoms with E-state index in [0.29, 0.717) is 12.2 Å². The van der Waals surface area contributed by atoms with Gasteiger partial charge in [0.1, 0.15) is 17.4 Å². The average molecular weight is 291 g/mol. The van der Waals surface area contributed by atoms with Crippen molar-refractivity contribution in [3.8, 4) is 5.75 Å². The second-order valence-corrected chi connectivity index (χ2v) is 4.94. The Kier molecular flexibility index (Phi) is 5.14. The number of benzene rings is 2. The highest BCUT2D eigenvalue weighted by Gasteiger charge is 2.08. The van der Waals surface area contributed by atoms with Crippen LogP contribution in [0.3, 0.4) is 0 Å². The molecular formula is C17H19F2NO. The molecule has 0 fully saturated rings. The van der Waals surface area contributed by atoms with Gasteiger partial charge in [0.05, 0.1) is 6.61 Å². The molecule has 0 amide bonds. The first-order chi connectivity index (χ1) is 10.1. The van der Waals surface area contributed by atoms with Gasteiger partial charge in [0.15, 0.2) is 0 Å². The quantitative estimate of drug-likeness (QED) is 0.815. The van der Waals surface area contributed by atoms with Crippen molar-refractivity contribution in [1.29, 1.82) is 0 Å². The predicted octanol–water partition coefficient (Wildman–Crippen LogP) is 4.93. The fraction of sp³-hybridized carbons (Fsp3) is 0.294. The first kappa shape index (κ1) is 15.3. The number of anilines is 1. The molecule has 1 unspecified atom stereocenters. The van der Waals surface area contributed by atoms with Crippen molar-refractivity contribution in [3.05, 3.63) is 59.7 Å². The zero-order valence-corrected chi connectivity index (χ0v) is 12.2. The maximum atomic E-state index is 13.2. The van der Waals surface area contributed by atoms with Crippen LogP contribution < -0.4 is 10.1 Å². The molecular weight excluding hydrogens is 272 g/mol. The smallest absolute Gasteiger partial charge is 0.126 e. The van der Waals surface area contributed by atoms with E-state index in [4.69, 9.17) is 4.74 Å². The van der Waals surface area contributed by atoms with Crippen LogP contribution >= 0.6 is 0 Å². The third-order valence-corrected chi connectivity index (χ3v) is 3.10. The monoisotopic (exact) mass is 291 g/mol. The lowest BCUT2D eigenvalue weighted by Gasteiger charge is -2.16. The van der Waals surface area contributed by atoms with Crippen molar-refractivity contribution in [2.24, 2.45) is 0 Å². The molecule has 0 radical (unpaired) electrons. The molecule has 1 N–H and O–H groups in total. The van der Waals surface area contributed by atoms with Gasteiger partial charge in [0.2, 0.25) is 0 Å². The summed E-state index contributed by atoms with van der Waals surface area (Å²) in [5, 5.41) is 3.21. The Morgan fingerprint density at radius 3 is 2.24 bits per heavy atom. The van der Waals surface area contributed by atoms with Crippen LogP contribution in [0.4, 0.5) is 14.5 Å². The number of nitrogens with one attached hydrogen (secondary N) is 1. The normalized spacial score (nSPS) is 12.0. The minimum Gasteiger partial charge on any atom is -0.494 e. The van der Waals surface area contributed by atoms with Crippen LogP contribution in [0.2, 0.25) is 0 Å². The van der Waals surface area contributed by atoms with Crippen molar-refractivity contribution in [1.82, 2.24) is 0 Å². The molecule has 1 atom stereocenters. The maximum absolute atomic E-state index is 13.2. The molecule has 4 heteroatoms. The molecule has 0 aliphatic heterocycles. The summed E-state index contributed by atoms with van der Waals surface area (Å²) in [6, 6.07) is 10.9. The Hall–Kier alpha value is -2.10. The van der Waals surface area contributed by atoms with Crippen LogP contribution in [0.15, 0.2) is 42.5 Å². The molecule has 0 heterocycles. The first-order valence-electron chi connectivity index (χ1n) is 7.04. The van der Waals surface area contributed by atoms with Crippen molar-refractivity contribution in [2.45, 2.75) is 26.3 Å². The molecule has 112 valence electrons. The van der Waals surface area contributed by atoms with E-state index in [9.17, 15) is 8.78 Å². The molecule has 0 spiro atoms. The van der Waals surface area contributed by atoms with Gasteiger partial charge in [0, 0.05) is 17.8 Å². The number of halogens is 2. The van der Waals surface area contributed by atoms with E-state index in [1.807, 2.05) is 31.2 Å². The summed E-state index contributed by atoms with van der Waals surface area (Å²) in [6.45, 7) is 4.59. The number of ether oxygens (including phenoxy) is 1. The van der Waals surface area contributed by atoms with Gasteiger partial charge in [-0.3, -0.25) is 0 Å². The van der Waals surface area contributed by atoms with Gasteiger partial charge >= 0.3 is 0 Å². The fourth-order valence-corrected chi connectivity index (χ4v) is 2.03. The highest BCUT2D eigenvalue weighted by Crippen LogP contribution is 2.23. The zero-order chi connectivity index (χ0) is 15.2. The summed E-state index contributed by atoms with van der Waals surface area (Å²) < 4.78 is 31.9. The van der Waals surface area contributed by atoms with Gasteiger partial charge in [-0.2, -0.15) is 0 Å². The predicted molar refractivity (Wildman–Crippen MR) is 80.6 cm³/mol. The lowest BCUT2D eigenvalue weighted by molar-refractivity contribution is 0.317. The topological polar surface area (TPSA) is 21.3 Å². The molecule has 0 aromatic heterocycles. The summed E-state index contributed by atoms with van der Waals surface area (Å²) >= 11 is 0. The minimum absolute atomic E-state index is 0.197. The SMILES string of the molecule is CCCOc1ccc(NC(C)c2cc(F)cc(F)c2)cc1. The molecule has 0 saturated heterocycles. The molecule has 0 aliphatic rings. The van der Waals surface area contributed by atoms with E-state index in [2.05, 4.69) is 12.2 Å². The summed E-state index contributed by atoms with van der Waals surface area (Å²) in [7, 11) is 0. The summed E-state index contributed by atoms with van der Waals surface area (Å²) in [5.74, 6) is -0.323. The molecule has 2 aromatic carbocycles. The molecule has 2 aromatic rings. The van der Waals surface area contributed by atoms with E-state index < -0.39 is 11.6 Å². The summed E-state index contributed by atoms with van der Waals surface area (Å²) in [5.41, 5.74) is 1.44. The van der Waals surface area contributed by atoms with Crippen molar-refractivity contribution in [2.75, 3.05) is 11.9 Å². The van der Waals surface area contributed by atoms with Crippen LogP contribution in [0, 0.1) is 11.6 Å². The second-order valence-electron chi connectivity index (χ2n) is 4.94. The van der Waals surface area contributed by atoms with Gasteiger partial charge in [-0.25, -0.2) is 8.78 Å². The minimum atomic E-state index is -0.568. The Labute approximate surface area is 123 Å². The number of hydrogen-bond acceptors (Lipinski definition) is 2. The van der Waals surface area contributed by atoms with E-state index in [1.165, 1.54) is 12.1 Å². The van der Waals surface area contributed by atoms with Crippen molar-refractivity contribution < 1.29 is 13.5 Å². The van der Waals surface area contributed by atoms with Gasteiger partial charge < -0.3 is 10.1 Å². The third kappa shape index (κ3) is 4.45. The molecule has 2 rings (SSSR count). The van der Waals surface area contributed by atoms with Crippen molar-refractivity contribution >= 4 is 5.69 Å². The molecule has 0 bridgehead atoms.